The van der Waals surface area contributed by atoms with Gasteiger partial charge in [0, 0.05) is 11.3 Å². The van der Waals surface area contributed by atoms with Crippen molar-refractivity contribution in [2.24, 2.45) is 17.8 Å². The Hall–Kier alpha value is -2.08. The van der Waals surface area contributed by atoms with Gasteiger partial charge in [-0.2, -0.15) is 0 Å². The summed E-state index contributed by atoms with van der Waals surface area (Å²) < 4.78 is 0. The van der Waals surface area contributed by atoms with Crippen LogP contribution in [0.4, 0.5) is 0 Å². The van der Waals surface area contributed by atoms with Crippen molar-refractivity contribution in [2.45, 2.75) is 128 Å². The Kier molecular flexibility index (Phi) is 7.01. The normalized spacial score (nSPS) is 21.0. The van der Waals surface area contributed by atoms with Crippen molar-refractivity contribution in [1.82, 2.24) is 0 Å². The first kappa shape index (κ1) is 27.1. The Morgan fingerprint density at radius 2 is 1.18 bits per heavy atom. The molecule has 0 unspecified atom stereocenters. The molecule has 2 aromatic rings. The van der Waals surface area contributed by atoms with Gasteiger partial charge in [-0.15, -0.1) is 0 Å². The Bertz CT molecular complexity index is 1230. The predicted octanol–water partition coefficient (Wildman–Crippen LogP) is 11.0. The molecule has 0 N–H and O–H groups in total. The quantitative estimate of drug-likeness (QED) is 0.321. The van der Waals surface area contributed by atoms with E-state index in [1.54, 1.807) is 22.3 Å². The van der Waals surface area contributed by atoms with Crippen LogP contribution in [0.1, 0.15) is 134 Å². The average molecular weight is 521 g/mol. The van der Waals surface area contributed by atoms with Crippen LogP contribution < -0.4 is 0 Å². The maximum atomic E-state index is 2.61. The van der Waals surface area contributed by atoms with Crippen LogP contribution >= 0.6 is 0 Å². The van der Waals surface area contributed by atoms with Gasteiger partial charge in [0.15, 0.2) is 0 Å². The van der Waals surface area contributed by atoms with Gasteiger partial charge in [-0.25, -0.2) is 0 Å². The number of allylic oxidation sites excluding steroid dienone is 4. The number of fused-ring (bicyclic) bond motifs is 3. The van der Waals surface area contributed by atoms with E-state index in [1.165, 1.54) is 80.9 Å². The van der Waals surface area contributed by atoms with Crippen molar-refractivity contribution in [3.05, 3.63) is 82.5 Å². The molecule has 0 saturated heterocycles. The lowest BCUT2D eigenvalue weighted by Crippen LogP contribution is -2.50. The van der Waals surface area contributed by atoms with E-state index in [-0.39, 0.29) is 16.2 Å². The summed E-state index contributed by atoms with van der Waals surface area (Å²) in [5.41, 5.74) is 11.7. The zero-order valence-electron chi connectivity index (χ0n) is 25.7. The van der Waals surface area contributed by atoms with Gasteiger partial charge in [0.1, 0.15) is 0 Å². The van der Waals surface area contributed by atoms with Crippen LogP contribution in [0.5, 0.6) is 0 Å². The first-order valence-corrected chi connectivity index (χ1v) is 16.3. The lowest BCUT2D eigenvalue weighted by molar-refractivity contribution is 0.0736. The monoisotopic (exact) mass is 520 g/mol. The van der Waals surface area contributed by atoms with Crippen molar-refractivity contribution >= 4 is 0 Å². The van der Waals surface area contributed by atoms with Crippen molar-refractivity contribution in [3.63, 3.8) is 0 Å². The second kappa shape index (κ2) is 10.1. The van der Waals surface area contributed by atoms with Crippen LogP contribution in [0.15, 0.2) is 54.6 Å². The van der Waals surface area contributed by atoms with Gasteiger partial charge in [0.05, 0.1) is 0 Å². The van der Waals surface area contributed by atoms with Gasteiger partial charge in [0.25, 0.3) is 0 Å². The van der Waals surface area contributed by atoms with Crippen LogP contribution in [0.2, 0.25) is 0 Å². The van der Waals surface area contributed by atoms with E-state index < -0.39 is 0 Å². The minimum atomic E-state index is 0.121. The Morgan fingerprint density at radius 3 is 1.72 bits per heavy atom. The SMILES string of the molecule is CC(C)(C)c1ccc2c(c1)Cc1c-2ccc(C(C)(C)C)c1C(C1C=CC=C1)(C1CCCCC1)C1CCCCC1. The molecule has 0 amide bonds. The molecule has 2 fully saturated rings. The molecular weight excluding hydrogens is 468 g/mol. The number of benzene rings is 2. The number of hydrogen-bond donors (Lipinski definition) is 0. The van der Waals surface area contributed by atoms with Crippen LogP contribution in [0.25, 0.3) is 11.1 Å². The van der Waals surface area contributed by atoms with Gasteiger partial charge < -0.3 is 0 Å². The van der Waals surface area contributed by atoms with Crippen LogP contribution in [0.3, 0.4) is 0 Å². The summed E-state index contributed by atoms with van der Waals surface area (Å²) in [6.45, 7) is 14.5. The molecule has 39 heavy (non-hydrogen) atoms. The smallest absolute Gasteiger partial charge is 0.0113 e. The van der Waals surface area contributed by atoms with Gasteiger partial charge >= 0.3 is 0 Å². The molecule has 2 saturated carbocycles. The van der Waals surface area contributed by atoms with Crippen molar-refractivity contribution in [2.75, 3.05) is 0 Å². The highest BCUT2D eigenvalue weighted by molar-refractivity contribution is 5.80. The maximum absolute atomic E-state index is 2.61. The van der Waals surface area contributed by atoms with Crippen LogP contribution in [-0.2, 0) is 22.7 Å². The van der Waals surface area contributed by atoms with Gasteiger partial charge in [-0.3, -0.25) is 0 Å². The van der Waals surface area contributed by atoms with E-state index in [0.717, 1.165) is 18.3 Å². The molecule has 0 aliphatic heterocycles. The third-order valence-electron chi connectivity index (χ3n) is 11.0. The third-order valence-corrected chi connectivity index (χ3v) is 11.0. The largest absolute Gasteiger partial charge is 0.0767 e. The highest BCUT2D eigenvalue weighted by Crippen LogP contribution is 2.60. The first-order valence-electron chi connectivity index (χ1n) is 16.3. The molecule has 0 bridgehead atoms. The molecular formula is C39H52. The summed E-state index contributed by atoms with van der Waals surface area (Å²) in [5, 5.41) is 0. The van der Waals surface area contributed by atoms with Gasteiger partial charge in [-0.1, -0.05) is 135 Å². The first-order chi connectivity index (χ1) is 18.6. The molecule has 208 valence electrons. The molecule has 6 rings (SSSR count). The molecule has 4 aliphatic rings. The maximum Gasteiger partial charge on any atom is 0.0113 e. The van der Waals surface area contributed by atoms with Gasteiger partial charge in [0.2, 0.25) is 0 Å². The Balaban J connectivity index is 1.64. The average Bonchev–Trinajstić information content (AvgIpc) is 3.58. The molecule has 0 heteroatoms. The van der Waals surface area contributed by atoms with E-state index in [4.69, 9.17) is 0 Å². The molecule has 0 aromatic heterocycles. The van der Waals surface area contributed by atoms with E-state index in [1.807, 2.05) is 0 Å². The molecule has 0 radical (unpaired) electrons. The minimum absolute atomic E-state index is 0.121. The van der Waals surface area contributed by atoms with Crippen LogP contribution in [0, 0.1) is 17.8 Å². The zero-order chi connectivity index (χ0) is 27.4. The minimum Gasteiger partial charge on any atom is -0.0767 e. The standard InChI is InChI=1S/C39H52/c1-37(2,3)31-21-22-32-27(25-31)26-34-33(32)23-24-35(38(4,5)6)36(34)39(30-19-13-14-20-30,28-15-9-7-10-16-28)29-17-11-8-12-18-29/h13-14,19-25,28-30H,7-12,15-18,26H2,1-6H3. The second-order valence-electron chi connectivity index (χ2n) is 15.5. The third kappa shape index (κ3) is 4.59. The summed E-state index contributed by atoms with van der Waals surface area (Å²) in [6, 6.07) is 12.5. The Morgan fingerprint density at radius 1 is 0.615 bits per heavy atom. The number of hydrogen-bond acceptors (Lipinski definition) is 0. The summed E-state index contributed by atoms with van der Waals surface area (Å²) >= 11 is 0. The fourth-order valence-corrected chi connectivity index (χ4v) is 9.23. The Labute approximate surface area is 239 Å². The van der Waals surface area contributed by atoms with E-state index >= 15 is 0 Å². The number of rotatable bonds is 4. The highest BCUT2D eigenvalue weighted by Gasteiger charge is 2.53. The molecule has 0 heterocycles. The van der Waals surface area contributed by atoms with Gasteiger partial charge in [-0.05, 0) is 93.7 Å². The van der Waals surface area contributed by atoms with E-state index in [2.05, 4.69) is 96.2 Å². The zero-order valence-corrected chi connectivity index (χ0v) is 25.7. The molecule has 0 atom stereocenters. The summed E-state index contributed by atoms with van der Waals surface area (Å²) in [6.07, 6.45) is 25.2. The lowest BCUT2D eigenvalue weighted by Gasteiger charge is -2.55. The lowest BCUT2D eigenvalue weighted by atomic mass is 9.49. The van der Waals surface area contributed by atoms with Crippen molar-refractivity contribution < 1.29 is 0 Å². The molecule has 4 aliphatic carbocycles. The summed E-state index contributed by atoms with van der Waals surface area (Å²) in [4.78, 5) is 0. The van der Waals surface area contributed by atoms with Crippen LogP contribution in [-0.4, -0.2) is 0 Å². The molecule has 0 nitrogen and oxygen atoms in total. The van der Waals surface area contributed by atoms with Crippen molar-refractivity contribution in [1.29, 1.82) is 0 Å². The van der Waals surface area contributed by atoms with E-state index in [0.29, 0.717) is 5.92 Å². The highest BCUT2D eigenvalue weighted by atomic mass is 14.6. The fourth-order valence-electron chi connectivity index (χ4n) is 9.23. The topological polar surface area (TPSA) is 0 Å². The predicted molar refractivity (Wildman–Crippen MR) is 169 cm³/mol. The summed E-state index contributed by atoms with van der Waals surface area (Å²) in [7, 11) is 0. The second-order valence-corrected chi connectivity index (χ2v) is 15.5. The summed E-state index contributed by atoms with van der Waals surface area (Å²) in [5.74, 6) is 2.06. The fraction of sp³-hybridized carbons (Fsp3) is 0.590. The van der Waals surface area contributed by atoms with E-state index in [9.17, 15) is 0 Å². The molecule has 0 spiro atoms. The van der Waals surface area contributed by atoms with Crippen molar-refractivity contribution in [3.8, 4) is 11.1 Å². The molecule has 2 aromatic carbocycles.